The summed E-state index contributed by atoms with van der Waals surface area (Å²) in [6.45, 7) is 8.40. The summed E-state index contributed by atoms with van der Waals surface area (Å²) in [7, 11) is 1.60. The summed E-state index contributed by atoms with van der Waals surface area (Å²) < 4.78 is 6.93. The van der Waals surface area contributed by atoms with E-state index >= 15 is 0 Å². The number of halogens is 2. The maximum atomic E-state index is 13.2. The number of methoxy groups -OCH3 is 1. The van der Waals surface area contributed by atoms with Crippen LogP contribution in [0.25, 0.3) is 5.69 Å². The first-order valence-electron chi connectivity index (χ1n) is 12.1. The number of urea groups is 1. The molecule has 0 unspecified atom stereocenters. The van der Waals surface area contributed by atoms with Gasteiger partial charge < -0.3 is 20.3 Å². The van der Waals surface area contributed by atoms with Gasteiger partial charge in [-0.1, -0.05) is 63.4 Å². The van der Waals surface area contributed by atoms with E-state index in [1.165, 1.54) is 4.90 Å². The normalized spacial score (nSPS) is 11.2. The van der Waals surface area contributed by atoms with E-state index < -0.39 is 6.03 Å². The number of ether oxygens (including phenoxy) is 1. The Hall–Kier alpha value is -3.23. The zero-order chi connectivity index (χ0) is 27.2. The highest BCUT2D eigenvalue weighted by Crippen LogP contribution is 2.30. The number of benzene rings is 2. The van der Waals surface area contributed by atoms with Gasteiger partial charge in [0.1, 0.15) is 18.1 Å². The number of anilines is 2. The predicted molar refractivity (Wildman–Crippen MR) is 149 cm³/mol. The minimum atomic E-state index is -0.461. The van der Waals surface area contributed by atoms with Crippen LogP contribution in [0.4, 0.5) is 16.3 Å². The van der Waals surface area contributed by atoms with Crippen molar-refractivity contribution in [3.63, 3.8) is 0 Å². The number of nitrogens with one attached hydrogen (secondary N) is 2. The van der Waals surface area contributed by atoms with Crippen molar-refractivity contribution >= 4 is 46.6 Å². The van der Waals surface area contributed by atoms with E-state index in [2.05, 4.69) is 31.4 Å². The molecule has 2 N–H and O–H groups in total. The summed E-state index contributed by atoms with van der Waals surface area (Å²) in [5.41, 5.74) is 1.65. The molecular weight excluding hydrogens is 513 g/mol. The Labute approximate surface area is 227 Å². The largest absolute Gasteiger partial charge is 0.497 e. The first-order chi connectivity index (χ1) is 17.5. The Morgan fingerprint density at radius 2 is 1.70 bits per heavy atom. The Morgan fingerprint density at radius 1 is 1.05 bits per heavy atom. The average Bonchev–Trinajstić information content (AvgIpc) is 3.28. The first kappa shape index (κ1) is 28.3. The fourth-order valence-electron chi connectivity index (χ4n) is 3.52. The van der Waals surface area contributed by atoms with Gasteiger partial charge in [0.15, 0.2) is 0 Å². The topological polar surface area (TPSA) is 88.5 Å². The molecule has 0 saturated carbocycles. The van der Waals surface area contributed by atoms with Crippen LogP contribution in [0.3, 0.4) is 0 Å². The molecule has 0 radical (unpaired) electrons. The molecule has 37 heavy (non-hydrogen) atoms. The number of nitrogens with zero attached hydrogens (tertiary/aromatic N) is 3. The molecule has 0 atom stereocenters. The number of unbranched alkanes of at least 4 members (excludes halogenated alkanes) is 1. The number of amides is 3. The highest BCUT2D eigenvalue weighted by molar-refractivity contribution is 6.39. The van der Waals surface area contributed by atoms with Crippen LogP contribution < -0.4 is 15.4 Å². The van der Waals surface area contributed by atoms with Crippen LogP contribution in [0.1, 0.15) is 46.2 Å². The first-order valence-corrected chi connectivity index (χ1v) is 12.8. The van der Waals surface area contributed by atoms with Gasteiger partial charge in [-0.25, -0.2) is 9.48 Å². The second-order valence-corrected chi connectivity index (χ2v) is 10.4. The summed E-state index contributed by atoms with van der Waals surface area (Å²) in [6.07, 6.45) is 1.59. The lowest BCUT2D eigenvalue weighted by Crippen LogP contribution is -2.41. The lowest BCUT2D eigenvalue weighted by atomic mass is 9.92. The van der Waals surface area contributed by atoms with Gasteiger partial charge >= 0.3 is 6.03 Å². The molecule has 1 aromatic heterocycles. The number of aromatic nitrogens is 2. The second-order valence-electron chi connectivity index (χ2n) is 9.62. The van der Waals surface area contributed by atoms with E-state index in [1.54, 1.807) is 30.0 Å². The van der Waals surface area contributed by atoms with E-state index in [9.17, 15) is 9.59 Å². The van der Waals surface area contributed by atoms with Gasteiger partial charge in [0.05, 0.1) is 34.2 Å². The van der Waals surface area contributed by atoms with E-state index in [0.29, 0.717) is 33.8 Å². The lowest BCUT2D eigenvalue weighted by Gasteiger charge is -2.23. The van der Waals surface area contributed by atoms with Crippen LogP contribution in [0.5, 0.6) is 5.75 Å². The Bertz CT molecular complexity index is 1220. The highest BCUT2D eigenvalue weighted by Gasteiger charge is 2.23. The van der Waals surface area contributed by atoms with Gasteiger partial charge in [0, 0.05) is 18.0 Å². The van der Waals surface area contributed by atoms with Crippen molar-refractivity contribution in [1.82, 2.24) is 14.7 Å². The van der Waals surface area contributed by atoms with Crippen LogP contribution in [-0.4, -0.2) is 46.8 Å². The molecule has 0 fully saturated rings. The summed E-state index contributed by atoms with van der Waals surface area (Å²) in [5.74, 6) is 0.866. The molecule has 0 saturated heterocycles. The van der Waals surface area contributed by atoms with Crippen LogP contribution in [0.15, 0.2) is 48.5 Å². The third-order valence-electron chi connectivity index (χ3n) is 5.66. The van der Waals surface area contributed by atoms with Crippen molar-refractivity contribution in [2.45, 2.75) is 46.0 Å². The minimum Gasteiger partial charge on any atom is -0.497 e. The van der Waals surface area contributed by atoms with Crippen molar-refractivity contribution in [1.29, 1.82) is 0 Å². The van der Waals surface area contributed by atoms with E-state index in [-0.39, 0.29) is 17.9 Å². The molecule has 0 spiro atoms. The monoisotopic (exact) mass is 545 g/mol. The summed E-state index contributed by atoms with van der Waals surface area (Å²) in [5, 5.41) is 11.1. The number of hydrogen-bond donors (Lipinski definition) is 2. The SMILES string of the molecule is CCCCN(CC(=O)Nc1cc(C(C)(C)C)nn1-c1ccc(OC)cc1)C(=O)Nc1c(Cl)cccc1Cl. The number of carbonyl (C=O) groups excluding carboxylic acids is 2. The average molecular weight is 546 g/mol. The van der Waals surface area contributed by atoms with Gasteiger partial charge in [-0.3, -0.25) is 4.79 Å². The van der Waals surface area contributed by atoms with Gasteiger partial charge in [-0.15, -0.1) is 0 Å². The third kappa shape index (κ3) is 7.40. The third-order valence-corrected chi connectivity index (χ3v) is 6.29. The molecule has 1 heterocycles. The Kier molecular flexibility index (Phi) is 9.45. The molecule has 2 aromatic carbocycles. The van der Waals surface area contributed by atoms with Crippen molar-refractivity contribution in [2.24, 2.45) is 0 Å². The summed E-state index contributed by atoms with van der Waals surface area (Å²) in [6, 6.07) is 13.7. The number of carbonyl (C=O) groups is 2. The Balaban J connectivity index is 1.83. The molecule has 3 aromatic rings. The van der Waals surface area contributed by atoms with Gasteiger partial charge in [0.2, 0.25) is 5.91 Å². The summed E-state index contributed by atoms with van der Waals surface area (Å²) >= 11 is 12.4. The lowest BCUT2D eigenvalue weighted by molar-refractivity contribution is -0.116. The number of rotatable bonds is 9. The van der Waals surface area contributed by atoms with Gasteiger partial charge in [-0.2, -0.15) is 5.10 Å². The molecule has 0 aliphatic rings. The van der Waals surface area contributed by atoms with E-state index in [1.807, 2.05) is 37.3 Å². The van der Waals surface area contributed by atoms with E-state index in [0.717, 1.165) is 24.2 Å². The molecular formula is C27H33Cl2N5O3. The minimum absolute atomic E-state index is 0.160. The fourth-order valence-corrected chi connectivity index (χ4v) is 4.01. The fraction of sp³-hybridized carbons (Fsp3) is 0.370. The van der Waals surface area contributed by atoms with Crippen LogP contribution in [0, 0.1) is 0 Å². The van der Waals surface area contributed by atoms with Crippen molar-refractivity contribution < 1.29 is 14.3 Å². The van der Waals surface area contributed by atoms with Crippen molar-refractivity contribution in [3.05, 3.63) is 64.3 Å². The zero-order valence-corrected chi connectivity index (χ0v) is 23.3. The standard InChI is InChI=1S/C27H33Cl2N5O3/c1-6-7-15-33(26(36)31-25-20(28)9-8-10-21(25)29)17-24(35)30-23-16-22(27(2,3)4)32-34(23)18-11-13-19(37-5)14-12-18/h8-14,16H,6-7,15,17H2,1-5H3,(H,30,35)(H,31,36). The van der Waals surface area contributed by atoms with Crippen LogP contribution in [-0.2, 0) is 10.2 Å². The molecule has 3 rings (SSSR count). The molecule has 3 amide bonds. The molecule has 8 nitrogen and oxygen atoms in total. The number of para-hydroxylation sites is 1. The second kappa shape index (κ2) is 12.3. The van der Waals surface area contributed by atoms with Gasteiger partial charge in [-0.05, 0) is 42.8 Å². The molecule has 198 valence electrons. The maximum absolute atomic E-state index is 13.2. The molecule has 0 aliphatic carbocycles. The smallest absolute Gasteiger partial charge is 0.322 e. The quantitative estimate of drug-likeness (QED) is 0.311. The van der Waals surface area contributed by atoms with E-state index in [4.69, 9.17) is 33.0 Å². The molecule has 0 bridgehead atoms. The Morgan fingerprint density at radius 3 is 2.27 bits per heavy atom. The van der Waals surface area contributed by atoms with Crippen LogP contribution in [0.2, 0.25) is 10.0 Å². The maximum Gasteiger partial charge on any atom is 0.322 e. The summed E-state index contributed by atoms with van der Waals surface area (Å²) in [4.78, 5) is 27.7. The highest BCUT2D eigenvalue weighted by atomic mass is 35.5. The van der Waals surface area contributed by atoms with Crippen LogP contribution >= 0.6 is 23.2 Å². The molecule has 0 aliphatic heterocycles. The van der Waals surface area contributed by atoms with Crippen molar-refractivity contribution in [2.75, 3.05) is 30.8 Å². The van der Waals surface area contributed by atoms with Gasteiger partial charge in [0.25, 0.3) is 0 Å². The predicted octanol–water partition coefficient (Wildman–Crippen LogP) is 6.76. The zero-order valence-electron chi connectivity index (χ0n) is 21.8. The molecule has 10 heteroatoms. The van der Waals surface area contributed by atoms with Crippen molar-refractivity contribution in [3.8, 4) is 11.4 Å². The number of hydrogen-bond acceptors (Lipinski definition) is 4.